The third kappa shape index (κ3) is 6.64. The molecule has 0 N–H and O–H groups in total. The lowest BCUT2D eigenvalue weighted by Gasteiger charge is -2.33. The second kappa shape index (κ2) is 15.8. The molecule has 8 radical (unpaired) electrons. The first kappa shape index (κ1) is 38.4. The van der Waals surface area contributed by atoms with E-state index < -0.39 is 0 Å². The van der Waals surface area contributed by atoms with Crippen molar-refractivity contribution < 1.29 is 0 Å². The summed E-state index contributed by atoms with van der Waals surface area (Å²) in [5, 5.41) is 9.68. The van der Waals surface area contributed by atoms with Crippen LogP contribution in [0.5, 0.6) is 0 Å². The average Bonchev–Trinajstić information content (AvgIpc) is 3.35. The van der Waals surface area contributed by atoms with Crippen molar-refractivity contribution >= 4 is 113 Å². The highest BCUT2D eigenvalue weighted by Gasteiger charge is 2.23. The third-order valence-electron chi connectivity index (χ3n) is 12.5. The van der Waals surface area contributed by atoms with Gasteiger partial charge in [-0.1, -0.05) is 198 Å². The smallest absolute Gasteiger partial charge is 0.115 e. The summed E-state index contributed by atoms with van der Waals surface area (Å²) in [6.07, 6.45) is 0. The standard InChI is InChI=1S/C58H35B4N/c59-54-53(40-24-22-37(23-25-40)36-12-2-1-3-13-36)55(60)57(62)58(56(54)61)63(43-30-26-38(27-31-43)51-34-41-14-4-6-16-45(41)47-18-8-10-20-49(47)51)44-32-28-39(29-33-44)52-35-42-15-5-7-17-46(42)48-19-9-11-21-50(48)52/h1-35H. The summed E-state index contributed by atoms with van der Waals surface area (Å²) in [5.41, 5.74) is 11.8. The van der Waals surface area contributed by atoms with Crippen molar-refractivity contribution in [3.05, 3.63) is 212 Å². The topological polar surface area (TPSA) is 3.24 Å². The van der Waals surface area contributed by atoms with Crippen LogP contribution in [0.1, 0.15) is 0 Å². The number of anilines is 3. The van der Waals surface area contributed by atoms with Gasteiger partial charge < -0.3 is 4.90 Å². The minimum absolute atomic E-state index is 0.345. The van der Waals surface area contributed by atoms with Gasteiger partial charge in [-0.15, -0.1) is 0 Å². The molecule has 0 amide bonds. The molecule has 0 aliphatic rings. The quantitative estimate of drug-likeness (QED) is 0.115. The Hall–Kier alpha value is -7.48. The van der Waals surface area contributed by atoms with Gasteiger partial charge in [0.15, 0.2) is 0 Å². The van der Waals surface area contributed by atoms with Crippen LogP contribution in [-0.4, -0.2) is 31.4 Å². The predicted molar refractivity (Wildman–Crippen MR) is 274 cm³/mol. The summed E-state index contributed by atoms with van der Waals surface area (Å²) in [6, 6.07) is 74.4. The maximum atomic E-state index is 7.16. The number of hydrogen-bond acceptors (Lipinski definition) is 1. The summed E-state index contributed by atoms with van der Waals surface area (Å²) in [7, 11) is 28.4. The Kier molecular flexibility index (Phi) is 9.62. The van der Waals surface area contributed by atoms with Crippen LogP contribution in [0.4, 0.5) is 17.1 Å². The van der Waals surface area contributed by atoms with Crippen LogP contribution in [0.3, 0.4) is 0 Å². The lowest BCUT2D eigenvalue weighted by molar-refractivity contribution is 1.31. The number of rotatable bonds is 7. The summed E-state index contributed by atoms with van der Waals surface area (Å²) >= 11 is 0. The maximum Gasteiger partial charge on any atom is 0.115 e. The summed E-state index contributed by atoms with van der Waals surface area (Å²) < 4.78 is 0. The Bertz CT molecular complexity index is 3340. The molecule has 63 heavy (non-hydrogen) atoms. The van der Waals surface area contributed by atoms with E-state index in [-0.39, 0.29) is 0 Å². The molecule has 0 spiro atoms. The van der Waals surface area contributed by atoms with E-state index >= 15 is 0 Å². The van der Waals surface area contributed by atoms with E-state index in [0.29, 0.717) is 33.1 Å². The Morgan fingerprint density at radius 2 is 0.619 bits per heavy atom. The van der Waals surface area contributed by atoms with Gasteiger partial charge in [-0.25, -0.2) is 0 Å². The van der Waals surface area contributed by atoms with E-state index in [2.05, 4.69) is 187 Å². The van der Waals surface area contributed by atoms with Crippen molar-refractivity contribution in [2.45, 2.75) is 0 Å². The van der Waals surface area contributed by atoms with Crippen molar-refractivity contribution in [3.63, 3.8) is 0 Å². The lowest BCUT2D eigenvalue weighted by atomic mass is 9.64. The molecular weight excluding hydrogens is 754 g/mol. The van der Waals surface area contributed by atoms with Gasteiger partial charge in [0, 0.05) is 17.1 Å². The molecule has 1 nitrogen and oxygen atoms in total. The van der Waals surface area contributed by atoms with E-state index in [4.69, 9.17) is 31.4 Å². The monoisotopic (exact) mass is 789 g/mol. The minimum Gasteiger partial charge on any atom is -0.312 e. The van der Waals surface area contributed by atoms with Crippen molar-refractivity contribution in [2.75, 3.05) is 4.90 Å². The van der Waals surface area contributed by atoms with Crippen molar-refractivity contribution in [1.29, 1.82) is 0 Å². The van der Waals surface area contributed by atoms with E-state index in [1.807, 2.05) is 30.3 Å². The molecule has 0 bridgehead atoms. The first-order chi connectivity index (χ1) is 30.9. The van der Waals surface area contributed by atoms with Crippen molar-refractivity contribution in [2.24, 2.45) is 0 Å². The zero-order chi connectivity index (χ0) is 42.6. The Morgan fingerprint density at radius 3 is 1.08 bits per heavy atom. The van der Waals surface area contributed by atoms with Gasteiger partial charge in [0.25, 0.3) is 0 Å². The normalized spacial score (nSPS) is 11.4. The number of hydrogen-bond donors (Lipinski definition) is 0. The minimum atomic E-state index is 0.345. The molecule has 0 saturated heterocycles. The van der Waals surface area contributed by atoms with Gasteiger partial charge in [-0.2, -0.15) is 0 Å². The Balaban J connectivity index is 1.06. The van der Waals surface area contributed by atoms with Gasteiger partial charge in [0.05, 0.1) is 0 Å². The highest BCUT2D eigenvalue weighted by molar-refractivity contribution is 6.63. The van der Waals surface area contributed by atoms with Crippen LogP contribution >= 0.6 is 0 Å². The van der Waals surface area contributed by atoms with Crippen LogP contribution in [-0.2, 0) is 0 Å². The van der Waals surface area contributed by atoms with Gasteiger partial charge >= 0.3 is 0 Å². The summed E-state index contributed by atoms with van der Waals surface area (Å²) in [6.45, 7) is 0. The number of fused-ring (bicyclic) bond motifs is 6. The molecule has 0 aliphatic carbocycles. The summed E-state index contributed by atoms with van der Waals surface area (Å²) in [4.78, 5) is 2.07. The van der Waals surface area contributed by atoms with Crippen LogP contribution in [0.15, 0.2) is 212 Å². The van der Waals surface area contributed by atoms with Gasteiger partial charge in [-0.3, -0.25) is 0 Å². The molecule has 11 rings (SSSR count). The highest BCUT2D eigenvalue weighted by atomic mass is 15.1. The maximum absolute atomic E-state index is 7.16. The molecule has 11 aromatic rings. The van der Waals surface area contributed by atoms with Crippen LogP contribution in [0, 0.1) is 0 Å². The first-order valence-corrected chi connectivity index (χ1v) is 21.2. The summed E-state index contributed by atoms with van der Waals surface area (Å²) in [5.74, 6) is 0. The van der Waals surface area contributed by atoms with Crippen LogP contribution in [0.25, 0.3) is 87.6 Å². The fourth-order valence-corrected chi connectivity index (χ4v) is 9.40. The number of nitrogens with zero attached hydrogens (tertiary/aromatic N) is 1. The van der Waals surface area contributed by atoms with Crippen molar-refractivity contribution in [1.82, 2.24) is 0 Å². The first-order valence-electron chi connectivity index (χ1n) is 21.2. The molecule has 0 heterocycles. The van der Waals surface area contributed by atoms with E-state index in [0.717, 1.165) is 50.3 Å². The average molecular weight is 789 g/mol. The molecule has 0 fully saturated rings. The fraction of sp³-hybridized carbons (Fsp3) is 0. The number of benzene rings is 11. The van der Waals surface area contributed by atoms with E-state index in [9.17, 15) is 0 Å². The highest BCUT2D eigenvalue weighted by Crippen LogP contribution is 2.40. The van der Waals surface area contributed by atoms with Crippen LogP contribution < -0.4 is 26.8 Å². The van der Waals surface area contributed by atoms with Gasteiger partial charge in [0.2, 0.25) is 0 Å². The SMILES string of the molecule is [B]c1c([B])c(N(c2ccc(-c3cc4ccccc4c4ccccc34)cc2)c2ccc(-c3cc4ccccc4c4ccccc34)cc2)c([B])c([B])c1-c1ccc(-c2ccccc2)cc1. The van der Waals surface area contributed by atoms with E-state index in [1.165, 1.54) is 43.1 Å². The van der Waals surface area contributed by atoms with Gasteiger partial charge in [-0.05, 0) is 124 Å². The molecular formula is C58H35B4N. The van der Waals surface area contributed by atoms with Crippen molar-refractivity contribution in [3.8, 4) is 44.5 Å². The Morgan fingerprint density at radius 1 is 0.270 bits per heavy atom. The fourth-order valence-electron chi connectivity index (χ4n) is 9.40. The Labute approximate surface area is 373 Å². The molecule has 0 atom stereocenters. The molecule has 11 aromatic carbocycles. The van der Waals surface area contributed by atoms with Crippen LogP contribution in [0.2, 0.25) is 0 Å². The molecule has 0 unspecified atom stereocenters. The molecule has 0 aliphatic heterocycles. The second-order valence-electron chi connectivity index (χ2n) is 16.1. The van der Waals surface area contributed by atoms with E-state index in [1.54, 1.807) is 0 Å². The molecule has 0 aromatic heterocycles. The zero-order valence-corrected chi connectivity index (χ0v) is 34.5. The third-order valence-corrected chi connectivity index (χ3v) is 12.5. The zero-order valence-electron chi connectivity index (χ0n) is 34.5. The molecule has 284 valence electrons. The predicted octanol–water partition coefficient (Wildman–Crippen LogP) is 11.6. The lowest BCUT2D eigenvalue weighted by Crippen LogP contribution is -2.46. The molecule has 5 heteroatoms. The second-order valence-corrected chi connectivity index (χ2v) is 16.1. The van der Waals surface area contributed by atoms with Gasteiger partial charge in [0.1, 0.15) is 31.4 Å². The molecule has 0 saturated carbocycles. The largest absolute Gasteiger partial charge is 0.312 e.